The molecule has 1 aromatic carbocycles. The SMILES string of the molecule is O=C(O)CCNC1CCC(=O)NC1c1ccccc1. The second-order valence-electron chi connectivity index (χ2n) is 4.70. The predicted octanol–water partition coefficient (Wildman–Crippen LogP) is 1.07. The van der Waals surface area contributed by atoms with Crippen molar-refractivity contribution >= 4 is 11.9 Å². The molecule has 1 aromatic rings. The summed E-state index contributed by atoms with van der Waals surface area (Å²) in [6.07, 6.45) is 1.30. The Hall–Kier alpha value is -1.88. The molecule has 1 fully saturated rings. The summed E-state index contributed by atoms with van der Waals surface area (Å²) in [6, 6.07) is 9.75. The minimum atomic E-state index is -0.816. The fourth-order valence-electron chi connectivity index (χ4n) is 2.36. The molecule has 1 aliphatic heterocycles. The van der Waals surface area contributed by atoms with Crippen molar-refractivity contribution in [2.24, 2.45) is 0 Å². The van der Waals surface area contributed by atoms with Crippen LogP contribution in [0, 0.1) is 0 Å². The number of nitrogens with one attached hydrogen (secondary N) is 2. The van der Waals surface area contributed by atoms with Gasteiger partial charge in [0, 0.05) is 19.0 Å². The molecule has 3 N–H and O–H groups in total. The van der Waals surface area contributed by atoms with Crippen LogP contribution in [0.4, 0.5) is 0 Å². The van der Waals surface area contributed by atoms with Crippen molar-refractivity contribution < 1.29 is 14.7 Å². The van der Waals surface area contributed by atoms with Crippen LogP contribution in [-0.2, 0) is 9.59 Å². The number of carbonyl (C=O) groups excluding carboxylic acids is 1. The zero-order chi connectivity index (χ0) is 13.7. The Labute approximate surface area is 112 Å². The van der Waals surface area contributed by atoms with E-state index in [2.05, 4.69) is 10.6 Å². The standard InChI is InChI=1S/C14H18N2O3/c17-12-7-6-11(15-9-8-13(18)19)14(16-12)10-4-2-1-3-5-10/h1-5,11,14-15H,6-9H2,(H,16,17)(H,18,19). The van der Waals surface area contributed by atoms with Crippen LogP contribution < -0.4 is 10.6 Å². The van der Waals surface area contributed by atoms with Crippen molar-refractivity contribution in [1.82, 2.24) is 10.6 Å². The molecular weight excluding hydrogens is 244 g/mol. The number of piperidine rings is 1. The average Bonchev–Trinajstić information content (AvgIpc) is 2.41. The van der Waals surface area contributed by atoms with Gasteiger partial charge in [-0.3, -0.25) is 9.59 Å². The van der Waals surface area contributed by atoms with Gasteiger partial charge in [0.1, 0.15) is 0 Å². The van der Waals surface area contributed by atoms with E-state index < -0.39 is 5.97 Å². The number of amides is 1. The molecule has 0 saturated carbocycles. The number of aliphatic carboxylic acids is 1. The Morgan fingerprint density at radius 3 is 2.79 bits per heavy atom. The molecule has 1 amide bonds. The highest BCUT2D eigenvalue weighted by Gasteiger charge is 2.29. The van der Waals surface area contributed by atoms with Crippen LogP contribution in [0.3, 0.4) is 0 Å². The zero-order valence-electron chi connectivity index (χ0n) is 10.6. The molecule has 2 unspecified atom stereocenters. The first-order chi connectivity index (χ1) is 9.16. The van der Waals surface area contributed by atoms with Crippen LogP contribution >= 0.6 is 0 Å². The summed E-state index contributed by atoms with van der Waals surface area (Å²) in [5.41, 5.74) is 1.04. The van der Waals surface area contributed by atoms with Gasteiger partial charge < -0.3 is 15.7 Å². The third-order valence-corrected chi connectivity index (χ3v) is 3.31. The van der Waals surface area contributed by atoms with Gasteiger partial charge in [0.05, 0.1) is 12.5 Å². The molecule has 1 heterocycles. The number of carbonyl (C=O) groups is 2. The first-order valence-electron chi connectivity index (χ1n) is 6.46. The summed E-state index contributed by atoms with van der Waals surface area (Å²) in [5.74, 6) is -0.770. The van der Waals surface area contributed by atoms with Crippen LogP contribution in [0.5, 0.6) is 0 Å². The molecule has 5 heteroatoms. The molecule has 2 rings (SSSR count). The lowest BCUT2D eigenvalue weighted by Crippen LogP contribution is -2.48. The van der Waals surface area contributed by atoms with Crippen molar-refractivity contribution in [3.8, 4) is 0 Å². The Morgan fingerprint density at radius 1 is 1.37 bits per heavy atom. The predicted molar refractivity (Wildman–Crippen MR) is 70.6 cm³/mol. The van der Waals surface area contributed by atoms with Gasteiger partial charge in [0.25, 0.3) is 0 Å². The molecule has 0 aromatic heterocycles. The maximum Gasteiger partial charge on any atom is 0.304 e. The first-order valence-corrected chi connectivity index (χ1v) is 6.46. The van der Waals surface area contributed by atoms with Gasteiger partial charge in [0.15, 0.2) is 0 Å². The largest absolute Gasteiger partial charge is 0.481 e. The molecule has 2 atom stereocenters. The van der Waals surface area contributed by atoms with E-state index in [4.69, 9.17) is 5.11 Å². The van der Waals surface area contributed by atoms with Crippen molar-refractivity contribution in [2.75, 3.05) is 6.54 Å². The van der Waals surface area contributed by atoms with Crippen molar-refractivity contribution in [1.29, 1.82) is 0 Å². The molecule has 1 saturated heterocycles. The summed E-state index contributed by atoms with van der Waals surface area (Å²) in [5, 5.41) is 14.9. The van der Waals surface area contributed by atoms with Gasteiger partial charge in [-0.05, 0) is 12.0 Å². The van der Waals surface area contributed by atoms with E-state index in [1.54, 1.807) is 0 Å². The highest BCUT2D eigenvalue weighted by molar-refractivity contribution is 5.77. The fourth-order valence-corrected chi connectivity index (χ4v) is 2.36. The van der Waals surface area contributed by atoms with Crippen LogP contribution in [0.2, 0.25) is 0 Å². The molecule has 0 aliphatic carbocycles. The lowest BCUT2D eigenvalue weighted by molar-refractivity contribution is -0.137. The summed E-state index contributed by atoms with van der Waals surface area (Å²) in [6.45, 7) is 0.416. The lowest BCUT2D eigenvalue weighted by atomic mass is 9.92. The van der Waals surface area contributed by atoms with Crippen molar-refractivity contribution in [3.63, 3.8) is 0 Å². The summed E-state index contributed by atoms with van der Waals surface area (Å²) in [4.78, 5) is 22.1. The van der Waals surface area contributed by atoms with E-state index >= 15 is 0 Å². The molecule has 0 spiro atoms. The molecule has 102 valence electrons. The van der Waals surface area contributed by atoms with Crippen LogP contribution in [0.15, 0.2) is 30.3 Å². The number of benzene rings is 1. The van der Waals surface area contributed by atoms with E-state index in [9.17, 15) is 9.59 Å². The maximum atomic E-state index is 11.5. The highest BCUT2D eigenvalue weighted by atomic mass is 16.4. The number of carboxylic acids is 1. The number of rotatable bonds is 5. The normalized spacial score (nSPS) is 22.8. The highest BCUT2D eigenvalue weighted by Crippen LogP contribution is 2.23. The Balaban J connectivity index is 2.02. The Kier molecular flexibility index (Phi) is 4.52. The smallest absolute Gasteiger partial charge is 0.304 e. The van der Waals surface area contributed by atoms with E-state index in [1.807, 2.05) is 30.3 Å². The molecule has 5 nitrogen and oxygen atoms in total. The van der Waals surface area contributed by atoms with E-state index in [-0.39, 0.29) is 24.4 Å². The summed E-state index contributed by atoms with van der Waals surface area (Å²) >= 11 is 0. The van der Waals surface area contributed by atoms with Crippen LogP contribution in [0.25, 0.3) is 0 Å². The first kappa shape index (κ1) is 13.5. The van der Waals surface area contributed by atoms with Crippen LogP contribution in [-0.4, -0.2) is 29.6 Å². The molecule has 0 bridgehead atoms. The number of carboxylic acid groups (broad SMARTS) is 1. The third kappa shape index (κ3) is 3.79. The van der Waals surface area contributed by atoms with Crippen molar-refractivity contribution in [3.05, 3.63) is 35.9 Å². The zero-order valence-corrected chi connectivity index (χ0v) is 10.6. The second-order valence-corrected chi connectivity index (χ2v) is 4.70. The van der Waals surface area contributed by atoms with Gasteiger partial charge in [-0.25, -0.2) is 0 Å². The Bertz CT molecular complexity index is 447. The minimum Gasteiger partial charge on any atom is -0.481 e. The summed E-state index contributed by atoms with van der Waals surface area (Å²) < 4.78 is 0. The van der Waals surface area contributed by atoms with E-state index in [0.29, 0.717) is 13.0 Å². The maximum absolute atomic E-state index is 11.5. The molecule has 1 aliphatic rings. The quantitative estimate of drug-likeness (QED) is 0.741. The van der Waals surface area contributed by atoms with E-state index in [1.165, 1.54) is 0 Å². The molecular formula is C14H18N2O3. The third-order valence-electron chi connectivity index (χ3n) is 3.31. The number of hydrogen-bond acceptors (Lipinski definition) is 3. The van der Waals surface area contributed by atoms with Gasteiger partial charge in [-0.15, -0.1) is 0 Å². The molecule has 0 radical (unpaired) electrons. The lowest BCUT2D eigenvalue weighted by Gasteiger charge is -2.33. The molecule has 19 heavy (non-hydrogen) atoms. The average molecular weight is 262 g/mol. The van der Waals surface area contributed by atoms with Gasteiger partial charge in [-0.2, -0.15) is 0 Å². The monoisotopic (exact) mass is 262 g/mol. The Morgan fingerprint density at radius 2 is 2.11 bits per heavy atom. The van der Waals surface area contributed by atoms with Crippen molar-refractivity contribution in [2.45, 2.75) is 31.3 Å². The van der Waals surface area contributed by atoms with Gasteiger partial charge in [-0.1, -0.05) is 30.3 Å². The minimum absolute atomic E-state index is 0.0464. The van der Waals surface area contributed by atoms with Crippen LogP contribution in [0.1, 0.15) is 30.9 Å². The second kappa shape index (κ2) is 6.33. The fraction of sp³-hybridized carbons (Fsp3) is 0.429. The summed E-state index contributed by atoms with van der Waals surface area (Å²) in [7, 11) is 0. The van der Waals surface area contributed by atoms with E-state index in [0.717, 1.165) is 12.0 Å². The number of hydrogen-bond donors (Lipinski definition) is 3. The topological polar surface area (TPSA) is 78.4 Å². The van der Waals surface area contributed by atoms with Gasteiger partial charge >= 0.3 is 5.97 Å². The van der Waals surface area contributed by atoms with Gasteiger partial charge in [0.2, 0.25) is 5.91 Å².